The van der Waals surface area contributed by atoms with E-state index in [0.29, 0.717) is 6.07 Å². The number of hydrogen-bond acceptors (Lipinski definition) is 3. The van der Waals surface area contributed by atoms with E-state index in [0.717, 1.165) is 12.3 Å². The Morgan fingerprint density at radius 3 is 2.40 bits per heavy atom. The Bertz CT molecular complexity index is 677. The van der Waals surface area contributed by atoms with Gasteiger partial charge in [0.25, 0.3) is 0 Å². The number of carbonyl (C=O) groups excluding carboxylic acids is 1. The van der Waals surface area contributed by atoms with E-state index < -0.39 is 34.2 Å². The number of thiazole rings is 1. The van der Waals surface area contributed by atoms with E-state index in [1.807, 2.05) is 0 Å². The molecule has 0 aliphatic heterocycles. The molecule has 0 bridgehead atoms. The van der Waals surface area contributed by atoms with Crippen LogP contribution < -0.4 is 0 Å². The van der Waals surface area contributed by atoms with Gasteiger partial charge < -0.3 is 0 Å². The molecule has 106 valence electrons. The van der Waals surface area contributed by atoms with Gasteiger partial charge in [0.15, 0.2) is 5.01 Å². The molecule has 0 unspecified atom stereocenters. The SMILES string of the molecule is Cc1cc(C(=O)c2cnc(C(F)(F)F)s2)c(F)cc1F. The molecule has 2 rings (SSSR count). The monoisotopic (exact) mass is 307 g/mol. The molecule has 2 nitrogen and oxygen atoms in total. The molecule has 0 aliphatic carbocycles. The Hall–Kier alpha value is -1.83. The molecule has 20 heavy (non-hydrogen) atoms. The van der Waals surface area contributed by atoms with Crippen LogP contribution in [-0.4, -0.2) is 10.8 Å². The molecule has 0 N–H and O–H groups in total. The number of rotatable bonds is 2. The first-order chi connectivity index (χ1) is 9.20. The zero-order chi connectivity index (χ0) is 15.1. The van der Waals surface area contributed by atoms with Crippen LogP contribution in [0.1, 0.15) is 25.8 Å². The lowest BCUT2D eigenvalue weighted by Crippen LogP contribution is -2.04. The molecule has 0 saturated carbocycles. The summed E-state index contributed by atoms with van der Waals surface area (Å²) in [6.45, 7) is 1.32. The first kappa shape index (κ1) is 14.6. The second-order valence-electron chi connectivity index (χ2n) is 3.94. The zero-order valence-corrected chi connectivity index (χ0v) is 10.7. The van der Waals surface area contributed by atoms with E-state index in [2.05, 4.69) is 4.98 Å². The fraction of sp³-hybridized carbons (Fsp3) is 0.167. The van der Waals surface area contributed by atoms with Crippen molar-refractivity contribution < 1.29 is 26.7 Å². The molecule has 1 heterocycles. The van der Waals surface area contributed by atoms with Crippen molar-refractivity contribution in [3.8, 4) is 0 Å². The topological polar surface area (TPSA) is 30.0 Å². The average molecular weight is 307 g/mol. The predicted octanol–water partition coefficient (Wildman–Crippen LogP) is 3.98. The Labute approximate surface area is 113 Å². The smallest absolute Gasteiger partial charge is 0.288 e. The van der Waals surface area contributed by atoms with Crippen LogP contribution in [0.25, 0.3) is 0 Å². The van der Waals surface area contributed by atoms with Crippen LogP contribution in [0, 0.1) is 18.6 Å². The van der Waals surface area contributed by atoms with Crippen molar-refractivity contribution in [1.29, 1.82) is 0 Å². The highest BCUT2D eigenvalue weighted by molar-refractivity contribution is 7.13. The third kappa shape index (κ3) is 2.69. The van der Waals surface area contributed by atoms with Crippen LogP contribution in [0.2, 0.25) is 0 Å². The highest BCUT2D eigenvalue weighted by Crippen LogP contribution is 2.33. The minimum atomic E-state index is -4.67. The Morgan fingerprint density at radius 1 is 1.20 bits per heavy atom. The minimum absolute atomic E-state index is 0.0234. The standard InChI is InChI=1S/C12H6F5NOS/c1-5-2-6(8(14)3-7(5)13)10(19)9-4-18-11(20-9)12(15,16)17/h2-4H,1H3. The maximum atomic E-state index is 13.5. The highest BCUT2D eigenvalue weighted by Gasteiger charge is 2.35. The Balaban J connectivity index is 2.42. The molecule has 0 saturated heterocycles. The third-order valence-corrected chi connectivity index (χ3v) is 3.51. The number of halogens is 5. The van der Waals surface area contributed by atoms with E-state index in [1.54, 1.807) is 0 Å². The van der Waals surface area contributed by atoms with Gasteiger partial charge in [-0.15, -0.1) is 11.3 Å². The lowest BCUT2D eigenvalue weighted by atomic mass is 10.1. The maximum Gasteiger partial charge on any atom is 0.443 e. The van der Waals surface area contributed by atoms with Crippen LogP contribution in [0.4, 0.5) is 22.0 Å². The predicted molar refractivity (Wildman–Crippen MR) is 61.6 cm³/mol. The molecule has 0 atom stereocenters. The number of aromatic nitrogens is 1. The first-order valence-corrected chi connectivity index (χ1v) is 6.05. The van der Waals surface area contributed by atoms with E-state index in [-0.39, 0.29) is 21.8 Å². The number of hydrogen-bond donors (Lipinski definition) is 0. The molecule has 0 fully saturated rings. The summed E-state index contributed by atoms with van der Waals surface area (Å²) in [7, 11) is 0. The van der Waals surface area contributed by atoms with Crippen LogP contribution in [0.5, 0.6) is 0 Å². The second kappa shape index (κ2) is 4.93. The van der Waals surface area contributed by atoms with Crippen molar-refractivity contribution in [2.24, 2.45) is 0 Å². The summed E-state index contributed by atoms with van der Waals surface area (Å²) in [5.74, 6) is -2.92. The van der Waals surface area contributed by atoms with Crippen molar-refractivity contribution in [2.45, 2.75) is 13.1 Å². The molecule has 0 amide bonds. The van der Waals surface area contributed by atoms with Crippen molar-refractivity contribution in [2.75, 3.05) is 0 Å². The lowest BCUT2D eigenvalue weighted by molar-refractivity contribution is -0.137. The van der Waals surface area contributed by atoms with E-state index in [4.69, 9.17) is 0 Å². The maximum absolute atomic E-state index is 13.5. The van der Waals surface area contributed by atoms with Crippen LogP contribution in [0.3, 0.4) is 0 Å². The zero-order valence-electron chi connectivity index (χ0n) is 9.89. The summed E-state index contributed by atoms with van der Waals surface area (Å²) in [6.07, 6.45) is -3.94. The van der Waals surface area contributed by atoms with E-state index >= 15 is 0 Å². The number of carbonyl (C=O) groups is 1. The molecule has 1 aromatic heterocycles. The summed E-state index contributed by atoms with van der Waals surface area (Å²) in [5.41, 5.74) is -0.461. The summed E-state index contributed by atoms with van der Waals surface area (Å²) in [5, 5.41) is -1.19. The largest absolute Gasteiger partial charge is 0.443 e. The Morgan fingerprint density at radius 2 is 1.85 bits per heavy atom. The Kier molecular flexibility index (Phi) is 3.59. The number of alkyl halides is 3. The first-order valence-electron chi connectivity index (χ1n) is 5.23. The van der Waals surface area contributed by atoms with Gasteiger partial charge in [-0.2, -0.15) is 13.2 Å². The minimum Gasteiger partial charge on any atom is -0.288 e. The fourth-order valence-corrected chi connectivity index (χ4v) is 2.21. The average Bonchev–Trinajstić information content (AvgIpc) is 2.82. The van der Waals surface area contributed by atoms with Crippen LogP contribution in [-0.2, 0) is 6.18 Å². The van der Waals surface area contributed by atoms with Crippen molar-refractivity contribution in [3.05, 3.63) is 51.0 Å². The molecular formula is C12H6F5NOS. The van der Waals surface area contributed by atoms with E-state index in [9.17, 15) is 26.7 Å². The summed E-state index contributed by atoms with van der Waals surface area (Å²) < 4.78 is 63.7. The number of nitrogens with zero attached hydrogens (tertiary/aromatic N) is 1. The molecule has 0 aliphatic rings. The van der Waals surface area contributed by atoms with Gasteiger partial charge in [-0.1, -0.05) is 0 Å². The summed E-state index contributed by atoms with van der Waals surface area (Å²) in [6, 6.07) is 1.48. The molecule has 0 spiro atoms. The molecule has 8 heteroatoms. The van der Waals surface area contributed by atoms with Gasteiger partial charge in [0.2, 0.25) is 5.78 Å². The van der Waals surface area contributed by atoms with Crippen molar-refractivity contribution in [1.82, 2.24) is 4.98 Å². The van der Waals surface area contributed by atoms with Gasteiger partial charge in [0.05, 0.1) is 10.4 Å². The van der Waals surface area contributed by atoms with Gasteiger partial charge in [-0.25, -0.2) is 13.8 Å². The molecule has 2 aromatic rings. The second-order valence-corrected chi connectivity index (χ2v) is 4.97. The van der Waals surface area contributed by atoms with Gasteiger partial charge >= 0.3 is 6.18 Å². The van der Waals surface area contributed by atoms with Gasteiger partial charge in [0.1, 0.15) is 11.6 Å². The van der Waals surface area contributed by atoms with Gasteiger partial charge in [-0.3, -0.25) is 4.79 Å². The number of aryl methyl sites for hydroxylation is 1. The van der Waals surface area contributed by atoms with Crippen LogP contribution in [0.15, 0.2) is 18.3 Å². The van der Waals surface area contributed by atoms with Crippen molar-refractivity contribution >= 4 is 17.1 Å². The lowest BCUT2D eigenvalue weighted by Gasteiger charge is -2.03. The number of ketones is 1. The third-order valence-electron chi connectivity index (χ3n) is 2.46. The van der Waals surface area contributed by atoms with Crippen molar-refractivity contribution in [3.63, 3.8) is 0 Å². The fourth-order valence-electron chi connectivity index (χ4n) is 1.47. The number of benzene rings is 1. The normalized spacial score (nSPS) is 11.7. The quantitative estimate of drug-likeness (QED) is 0.620. The molecule has 0 radical (unpaired) electrons. The summed E-state index contributed by atoms with van der Waals surface area (Å²) >= 11 is 0.115. The molecule has 1 aromatic carbocycles. The summed E-state index contributed by atoms with van der Waals surface area (Å²) in [4.78, 5) is 14.6. The van der Waals surface area contributed by atoms with E-state index in [1.165, 1.54) is 6.92 Å². The molecular weight excluding hydrogens is 301 g/mol. The van der Waals surface area contributed by atoms with Gasteiger partial charge in [-0.05, 0) is 18.6 Å². The van der Waals surface area contributed by atoms with Crippen LogP contribution >= 0.6 is 11.3 Å². The van der Waals surface area contributed by atoms with Gasteiger partial charge in [0, 0.05) is 12.3 Å². The highest BCUT2D eigenvalue weighted by atomic mass is 32.1.